The minimum Gasteiger partial charge on any atom is -0.366 e. The number of hydrogen-bond acceptors (Lipinski definition) is 8. The highest BCUT2D eigenvalue weighted by Crippen LogP contribution is 2.17. The van der Waals surface area contributed by atoms with E-state index < -0.39 is 0 Å². The molecule has 0 aliphatic carbocycles. The van der Waals surface area contributed by atoms with Crippen molar-refractivity contribution >= 4 is 23.5 Å². The fourth-order valence-electron chi connectivity index (χ4n) is 3.62. The first-order valence-corrected chi connectivity index (χ1v) is 9.30. The number of aryl methyl sites for hydroxylation is 2. The lowest BCUT2D eigenvalue weighted by Crippen LogP contribution is -2.49. The van der Waals surface area contributed by atoms with Gasteiger partial charge in [-0.15, -0.1) is 5.10 Å². The first-order valence-electron chi connectivity index (χ1n) is 9.30. The number of nitrogens with two attached hydrogens (primary N) is 1. The second kappa shape index (κ2) is 7.37. The van der Waals surface area contributed by atoms with Crippen LogP contribution < -0.4 is 10.6 Å². The van der Waals surface area contributed by atoms with E-state index in [4.69, 9.17) is 5.73 Å². The van der Waals surface area contributed by atoms with Gasteiger partial charge in [-0.1, -0.05) is 0 Å². The number of hydrogen-bond donors (Lipinski definition) is 1. The van der Waals surface area contributed by atoms with Gasteiger partial charge in [0.05, 0.1) is 6.20 Å². The highest BCUT2D eigenvalue weighted by atomic mass is 16.2. The molecule has 4 heterocycles. The summed E-state index contributed by atoms with van der Waals surface area (Å²) in [5.41, 5.74) is 8.48. The zero-order valence-corrected chi connectivity index (χ0v) is 16.0. The van der Waals surface area contributed by atoms with Crippen LogP contribution in [-0.4, -0.2) is 66.5 Å². The second-order valence-electron chi connectivity index (χ2n) is 6.87. The van der Waals surface area contributed by atoms with Gasteiger partial charge in [-0.2, -0.15) is 9.50 Å². The van der Waals surface area contributed by atoms with Crippen LogP contribution in [0.3, 0.4) is 0 Å². The van der Waals surface area contributed by atoms with Gasteiger partial charge in [0.25, 0.3) is 5.78 Å². The molecule has 28 heavy (non-hydrogen) atoms. The molecule has 4 rings (SSSR count). The van der Waals surface area contributed by atoms with Crippen LogP contribution >= 0.6 is 0 Å². The van der Waals surface area contributed by atoms with E-state index in [0.717, 1.165) is 35.9 Å². The number of carbonyl (C=O) groups excluding carboxylic acids is 1. The van der Waals surface area contributed by atoms with E-state index in [2.05, 4.69) is 29.9 Å². The van der Waals surface area contributed by atoms with Gasteiger partial charge in [-0.3, -0.25) is 9.78 Å². The maximum atomic E-state index is 12.7. The Hall–Kier alpha value is -3.30. The Balaban J connectivity index is 1.38. The standard InChI is InChI=1S/C18H23N9O/c1-12-14(13(2)27-18(22-12)23-17(19)24-27)3-4-16(28)26-9-7-25(8-10-26)15-11-20-5-6-21-15/h5-6,11H,3-4,7-10H2,1-2H3,(H2,19,24). The van der Waals surface area contributed by atoms with E-state index >= 15 is 0 Å². The fourth-order valence-corrected chi connectivity index (χ4v) is 3.62. The average molecular weight is 381 g/mol. The molecule has 2 N–H and O–H groups in total. The molecule has 146 valence electrons. The van der Waals surface area contributed by atoms with Crippen molar-refractivity contribution in [1.82, 2.24) is 34.4 Å². The van der Waals surface area contributed by atoms with Crippen LogP contribution in [0.2, 0.25) is 0 Å². The molecule has 1 aliphatic rings. The number of anilines is 2. The molecule has 0 radical (unpaired) electrons. The maximum absolute atomic E-state index is 12.7. The van der Waals surface area contributed by atoms with Crippen molar-refractivity contribution in [1.29, 1.82) is 0 Å². The maximum Gasteiger partial charge on any atom is 0.254 e. The molecule has 3 aromatic heterocycles. The summed E-state index contributed by atoms with van der Waals surface area (Å²) in [6.45, 7) is 6.77. The Bertz CT molecular complexity index is 993. The Morgan fingerprint density at radius 1 is 1.14 bits per heavy atom. The highest BCUT2D eigenvalue weighted by Gasteiger charge is 2.22. The molecule has 1 saturated heterocycles. The molecular weight excluding hydrogens is 358 g/mol. The minimum atomic E-state index is 0.149. The molecule has 0 atom stereocenters. The quantitative estimate of drug-likeness (QED) is 0.690. The smallest absolute Gasteiger partial charge is 0.254 e. The summed E-state index contributed by atoms with van der Waals surface area (Å²) in [6.07, 6.45) is 6.15. The van der Waals surface area contributed by atoms with Gasteiger partial charge >= 0.3 is 0 Å². The molecule has 1 amide bonds. The first-order chi connectivity index (χ1) is 13.5. The third-order valence-corrected chi connectivity index (χ3v) is 5.16. The van der Waals surface area contributed by atoms with Crippen molar-refractivity contribution in [2.24, 2.45) is 0 Å². The first kappa shape index (κ1) is 18.1. The topological polar surface area (TPSA) is 118 Å². The van der Waals surface area contributed by atoms with Gasteiger partial charge in [0, 0.05) is 56.4 Å². The summed E-state index contributed by atoms with van der Waals surface area (Å²) >= 11 is 0. The third kappa shape index (κ3) is 3.45. The predicted molar refractivity (Wildman–Crippen MR) is 104 cm³/mol. The molecular formula is C18H23N9O. The molecule has 0 bridgehead atoms. The lowest BCUT2D eigenvalue weighted by atomic mass is 10.1. The SMILES string of the molecule is Cc1nc2nc(N)nn2c(C)c1CCC(=O)N1CCN(c2cnccn2)CC1. The molecule has 1 aliphatic heterocycles. The van der Waals surface area contributed by atoms with Gasteiger partial charge < -0.3 is 15.5 Å². The van der Waals surface area contributed by atoms with Gasteiger partial charge in [-0.25, -0.2) is 9.97 Å². The molecule has 10 nitrogen and oxygen atoms in total. The summed E-state index contributed by atoms with van der Waals surface area (Å²) in [6, 6.07) is 0. The number of piperazine rings is 1. The number of aromatic nitrogens is 6. The Labute approximate surface area is 162 Å². The van der Waals surface area contributed by atoms with Crippen LogP contribution in [0.1, 0.15) is 23.4 Å². The number of rotatable bonds is 4. The number of fused-ring (bicyclic) bond motifs is 1. The third-order valence-electron chi connectivity index (χ3n) is 5.16. The van der Waals surface area contributed by atoms with E-state index in [1.165, 1.54) is 0 Å². The Kier molecular flexibility index (Phi) is 4.76. The molecule has 0 saturated carbocycles. The lowest BCUT2D eigenvalue weighted by Gasteiger charge is -2.35. The van der Waals surface area contributed by atoms with Crippen LogP contribution in [0.4, 0.5) is 11.8 Å². The Morgan fingerprint density at radius 3 is 2.64 bits per heavy atom. The Morgan fingerprint density at radius 2 is 1.93 bits per heavy atom. The van der Waals surface area contributed by atoms with Crippen LogP contribution in [-0.2, 0) is 11.2 Å². The molecule has 10 heteroatoms. The second-order valence-corrected chi connectivity index (χ2v) is 6.87. The zero-order chi connectivity index (χ0) is 19.7. The largest absolute Gasteiger partial charge is 0.366 e. The molecule has 1 fully saturated rings. The van der Waals surface area contributed by atoms with Gasteiger partial charge in [0.2, 0.25) is 11.9 Å². The van der Waals surface area contributed by atoms with Crippen molar-refractivity contribution in [2.45, 2.75) is 26.7 Å². The van der Waals surface area contributed by atoms with Gasteiger partial charge in [0.1, 0.15) is 5.82 Å². The minimum absolute atomic E-state index is 0.149. The van der Waals surface area contributed by atoms with Gasteiger partial charge in [-0.05, 0) is 25.8 Å². The van der Waals surface area contributed by atoms with Crippen molar-refractivity contribution in [3.8, 4) is 0 Å². The van der Waals surface area contributed by atoms with Crippen LogP contribution in [0.15, 0.2) is 18.6 Å². The average Bonchev–Trinajstić information content (AvgIpc) is 3.09. The summed E-state index contributed by atoms with van der Waals surface area (Å²) in [4.78, 5) is 33.8. The van der Waals surface area contributed by atoms with E-state index in [0.29, 0.717) is 31.7 Å². The predicted octanol–water partition coefficient (Wildman–Crippen LogP) is 0.395. The van der Waals surface area contributed by atoms with Crippen LogP contribution in [0.25, 0.3) is 5.78 Å². The van der Waals surface area contributed by atoms with Gasteiger partial charge in [0.15, 0.2) is 0 Å². The van der Waals surface area contributed by atoms with Crippen molar-refractivity contribution in [3.05, 3.63) is 35.5 Å². The van der Waals surface area contributed by atoms with E-state index in [9.17, 15) is 4.79 Å². The van der Waals surface area contributed by atoms with Crippen molar-refractivity contribution in [2.75, 3.05) is 36.8 Å². The summed E-state index contributed by atoms with van der Waals surface area (Å²) < 4.78 is 1.64. The fraction of sp³-hybridized carbons (Fsp3) is 0.444. The number of nitrogen functional groups attached to an aromatic ring is 1. The van der Waals surface area contributed by atoms with E-state index in [1.807, 2.05) is 18.7 Å². The number of carbonyl (C=O) groups is 1. The molecule has 0 spiro atoms. The zero-order valence-electron chi connectivity index (χ0n) is 16.0. The van der Waals surface area contributed by atoms with Crippen LogP contribution in [0, 0.1) is 13.8 Å². The lowest BCUT2D eigenvalue weighted by molar-refractivity contribution is -0.131. The van der Waals surface area contributed by atoms with Crippen LogP contribution in [0.5, 0.6) is 0 Å². The number of amides is 1. The molecule has 0 unspecified atom stereocenters. The van der Waals surface area contributed by atoms with Crippen molar-refractivity contribution in [3.63, 3.8) is 0 Å². The van der Waals surface area contributed by atoms with Crippen molar-refractivity contribution < 1.29 is 4.79 Å². The molecule has 0 aromatic carbocycles. The molecule has 3 aromatic rings. The highest BCUT2D eigenvalue weighted by molar-refractivity contribution is 5.77. The normalized spacial score (nSPS) is 14.6. The van der Waals surface area contributed by atoms with E-state index in [-0.39, 0.29) is 11.9 Å². The summed E-state index contributed by atoms with van der Waals surface area (Å²) in [5, 5.41) is 4.18. The summed E-state index contributed by atoms with van der Waals surface area (Å²) in [5.74, 6) is 1.69. The van der Waals surface area contributed by atoms with E-state index in [1.54, 1.807) is 23.1 Å². The monoisotopic (exact) mass is 381 g/mol. The number of nitrogens with zero attached hydrogens (tertiary/aromatic N) is 8. The summed E-state index contributed by atoms with van der Waals surface area (Å²) in [7, 11) is 0.